The number of rotatable bonds is 2. The third-order valence-corrected chi connectivity index (χ3v) is 4.26. The molecule has 2 aliphatic rings. The summed E-state index contributed by atoms with van der Waals surface area (Å²) in [5.41, 5.74) is 6.48. The number of nitrogens with zero attached hydrogens (tertiary/aromatic N) is 1. The zero-order valence-electron chi connectivity index (χ0n) is 10.6. The summed E-state index contributed by atoms with van der Waals surface area (Å²) in [6.07, 6.45) is 9.03. The second kappa shape index (κ2) is 4.43. The van der Waals surface area contributed by atoms with Gasteiger partial charge in [0, 0.05) is 18.0 Å². The number of pyridine rings is 1. The fourth-order valence-electron chi connectivity index (χ4n) is 3.32. The van der Waals surface area contributed by atoms with E-state index in [1.807, 2.05) is 0 Å². The summed E-state index contributed by atoms with van der Waals surface area (Å²) < 4.78 is 7.88. The summed E-state index contributed by atoms with van der Waals surface area (Å²) in [5, 5.41) is 0. The SMILES string of the molecule is Nc1ccc(=O)n(CC2CCC3(CCCC3)O2)c1. The first-order valence-electron chi connectivity index (χ1n) is 6.81. The van der Waals surface area contributed by atoms with Crippen molar-refractivity contribution in [2.75, 3.05) is 5.73 Å². The van der Waals surface area contributed by atoms with Gasteiger partial charge in [-0.25, -0.2) is 0 Å². The Kier molecular flexibility index (Phi) is 2.90. The van der Waals surface area contributed by atoms with Crippen molar-refractivity contribution >= 4 is 5.69 Å². The van der Waals surface area contributed by atoms with Crippen molar-refractivity contribution in [2.24, 2.45) is 0 Å². The number of aromatic nitrogens is 1. The highest BCUT2D eigenvalue weighted by molar-refractivity contribution is 5.33. The van der Waals surface area contributed by atoms with Crippen LogP contribution in [0.3, 0.4) is 0 Å². The number of nitrogens with two attached hydrogens (primary N) is 1. The Hall–Kier alpha value is -1.29. The molecule has 0 bridgehead atoms. The van der Waals surface area contributed by atoms with Gasteiger partial charge in [0.15, 0.2) is 0 Å². The minimum absolute atomic E-state index is 0.000159. The number of hydrogen-bond donors (Lipinski definition) is 1. The van der Waals surface area contributed by atoms with E-state index in [9.17, 15) is 4.79 Å². The molecule has 1 aliphatic heterocycles. The number of anilines is 1. The molecular weight excluding hydrogens is 228 g/mol. The molecule has 1 aliphatic carbocycles. The standard InChI is InChI=1S/C14H20N2O2/c15-11-3-4-13(17)16(9-11)10-12-5-8-14(18-12)6-1-2-7-14/h3-4,9,12H,1-2,5-8,10,15H2. The van der Waals surface area contributed by atoms with E-state index < -0.39 is 0 Å². The van der Waals surface area contributed by atoms with Crippen molar-refractivity contribution in [1.82, 2.24) is 4.57 Å². The van der Waals surface area contributed by atoms with Crippen LogP contribution in [0.5, 0.6) is 0 Å². The highest BCUT2D eigenvalue weighted by Crippen LogP contribution is 2.43. The molecule has 2 fully saturated rings. The molecule has 98 valence electrons. The molecule has 1 aromatic rings. The minimum Gasteiger partial charge on any atom is -0.398 e. The van der Waals surface area contributed by atoms with E-state index in [2.05, 4.69) is 0 Å². The molecule has 18 heavy (non-hydrogen) atoms. The molecule has 1 atom stereocenters. The summed E-state index contributed by atoms with van der Waals surface area (Å²) in [5.74, 6) is 0. The molecule has 1 aromatic heterocycles. The van der Waals surface area contributed by atoms with Crippen LogP contribution in [0.25, 0.3) is 0 Å². The Balaban J connectivity index is 1.71. The van der Waals surface area contributed by atoms with Crippen molar-refractivity contribution in [1.29, 1.82) is 0 Å². The van der Waals surface area contributed by atoms with Crippen molar-refractivity contribution in [3.8, 4) is 0 Å². The molecule has 3 rings (SSSR count). The third kappa shape index (κ3) is 2.17. The van der Waals surface area contributed by atoms with Crippen LogP contribution < -0.4 is 11.3 Å². The van der Waals surface area contributed by atoms with Crippen LogP contribution in [-0.4, -0.2) is 16.3 Å². The largest absolute Gasteiger partial charge is 0.398 e. The van der Waals surface area contributed by atoms with Crippen molar-refractivity contribution in [3.63, 3.8) is 0 Å². The van der Waals surface area contributed by atoms with Crippen LogP contribution in [0.4, 0.5) is 5.69 Å². The molecule has 4 nitrogen and oxygen atoms in total. The lowest BCUT2D eigenvalue weighted by Gasteiger charge is -2.24. The van der Waals surface area contributed by atoms with Gasteiger partial charge in [0.1, 0.15) is 0 Å². The van der Waals surface area contributed by atoms with Gasteiger partial charge in [-0.3, -0.25) is 4.79 Å². The van der Waals surface area contributed by atoms with Gasteiger partial charge >= 0.3 is 0 Å². The molecule has 2 N–H and O–H groups in total. The minimum atomic E-state index is 0.000159. The molecule has 0 radical (unpaired) electrons. The molecular formula is C14H20N2O2. The molecule has 0 aromatic carbocycles. The van der Waals surface area contributed by atoms with Gasteiger partial charge in [-0.1, -0.05) is 12.8 Å². The van der Waals surface area contributed by atoms with E-state index in [1.165, 1.54) is 31.7 Å². The smallest absolute Gasteiger partial charge is 0.250 e. The summed E-state index contributed by atoms with van der Waals surface area (Å²) in [7, 11) is 0. The number of hydrogen-bond acceptors (Lipinski definition) is 3. The Morgan fingerprint density at radius 2 is 2.11 bits per heavy atom. The van der Waals surface area contributed by atoms with Gasteiger partial charge in [-0.05, 0) is 31.7 Å². The average molecular weight is 248 g/mol. The first-order chi connectivity index (χ1) is 8.67. The Morgan fingerprint density at radius 3 is 2.89 bits per heavy atom. The summed E-state index contributed by atoms with van der Waals surface area (Å²) >= 11 is 0. The molecule has 4 heteroatoms. The normalized spacial score (nSPS) is 25.9. The summed E-state index contributed by atoms with van der Waals surface area (Å²) in [4.78, 5) is 11.7. The quantitative estimate of drug-likeness (QED) is 0.870. The van der Waals surface area contributed by atoms with Crippen LogP contribution in [0.15, 0.2) is 23.1 Å². The fraction of sp³-hybridized carbons (Fsp3) is 0.643. The molecule has 1 saturated carbocycles. The average Bonchev–Trinajstić information content (AvgIpc) is 2.95. The Labute approximate surface area is 107 Å². The Bertz CT molecular complexity index is 489. The first kappa shape index (κ1) is 11.8. The van der Waals surface area contributed by atoms with E-state index in [0.717, 1.165) is 12.8 Å². The lowest BCUT2D eigenvalue weighted by atomic mass is 9.98. The van der Waals surface area contributed by atoms with Crippen molar-refractivity contribution in [3.05, 3.63) is 28.7 Å². The van der Waals surface area contributed by atoms with Gasteiger partial charge in [-0.15, -0.1) is 0 Å². The lowest BCUT2D eigenvalue weighted by Crippen LogP contribution is -2.29. The molecule has 1 saturated heterocycles. The summed E-state index contributed by atoms with van der Waals surface area (Å²) in [6.45, 7) is 0.631. The second-order valence-corrected chi connectivity index (χ2v) is 5.62. The first-order valence-corrected chi connectivity index (χ1v) is 6.81. The molecule has 1 unspecified atom stereocenters. The molecule has 0 amide bonds. The zero-order chi connectivity index (χ0) is 12.6. The lowest BCUT2D eigenvalue weighted by molar-refractivity contribution is -0.0421. The van der Waals surface area contributed by atoms with Gasteiger partial charge in [0.05, 0.1) is 18.2 Å². The molecule has 1 spiro atoms. The highest BCUT2D eigenvalue weighted by atomic mass is 16.5. The van der Waals surface area contributed by atoms with Crippen LogP contribution >= 0.6 is 0 Å². The van der Waals surface area contributed by atoms with Crippen LogP contribution in [0.2, 0.25) is 0 Å². The van der Waals surface area contributed by atoms with Gasteiger partial charge in [-0.2, -0.15) is 0 Å². The number of ether oxygens (including phenoxy) is 1. The van der Waals surface area contributed by atoms with Crippen molar-refractivity contribution in [2.45, 2.75) is 56.8 Å². The van der Waals surface area contributed by atoms with E-state index in [-0.39, 0.29) is 17.3 Å². The maximum atomic E-state index is 11.7. The predicted molar refractivity (Wildman–Crippen MR) is 70.4 cm³/mol. The fourth-order valence-corrected chi connectivity index (χ4v) is 3.32. The van der Waals surface area contributed by atoms with Gasteiger partial charge in [0.25, 0.3) is 5.56 Å². The van der Waals surface area contributed by atoms with E-state index >= 15 is 0 Å². The van der Waals surface area contributed by atoms with Gasteiger partial charge < -0.3 is 15.0 Å². The second-order valence-electron chi connectivity index (χ2n) is 5.62. The monoisotopic (exact) mass is 248 g/mol. The van der Waals surface area contributed by atoms with Crippen LogP contribution in [0.1, 0.15) is 38.5 Å². The predicted octanol–water partition coefficient (Wildman–Crippen LogP) is 1.92. The van der Waals surface area contributed by atoms with E-state index in [1.54, 1.807) is 16.8 Å². The third-order valence-electron chi connectivity index (χ3n) is 4.26. The van der Waals surface area contributed by atoms with Gasteiger partial charge in [0.2, 0.25) is 0 Å². The Morgan fingerprint density at radius 1 is 1.33 bits per heavy atom. The molecule has 2 heterocycles. The highest BCUT2D eigenvalue weighted by Gasteiger charge is 2.42. The maximum Gasteiger partial charge on any atom is 0.250 e. The summed E-state index contributed by atoms with van der Waals surface area (Å²) in [6, 6.07) is 3.17. The van der Waals surface area contributed by atoms with E-state index in [4.69, 9.17) is 10.5 Å². The topological polar surface area (TPSA) is 57.2 Å². The van der Waals surface area contributed by atoms with Crippen molar-refractivity contribution < 1.29 is 4.74 Å². The van der Waals surface area contributed by atoms with Crippen LogP contribution in [0, 0.1) is 0 Å². The van der Waals surface area contributed by atoms with E-state index in [0.29, 0.717) is 12.2 Å². The maximum absolute atomic E-state index is 11.7. The number of nitrogen functional groups attached to an aromatic ring is 1. The van der Waals surface area contributed by atoms with Crippen LogP contribution in [-0.2, 0) is 11.3 Å². The zero-order valence-corrected chi connectivity index (χ0v) is 10.6.